The predicted octanol–water partition coefficient (Wildman–Crippen LogP) is 0.746. The minimum absolute atomic E-state index is 0.483. The van der Waals surface area contributed by atoms with Gasteiger partial charge in [0.2, 0.25) is 0 Å². The second-order valence-corrected chi connectivity index (χ2v) is 3.53. The molecule has 2 aromatic rings. The lowest BCUT2D eigenvalue weighted by Gasteiger charge is -2.05. The van der Waals surface area contributed by atoms with Gasteiger partial charge in [-0.2, -0.15) is 5.10 Å². The van der Waals surface area contributed by atoms with Crippen LogP contribution in [0, 0.1) is 0 Å². The van der Waals surface area contributed by atoms with Crippen molar-refractivity contribution in [1.29, 1.82) is 0 Å². The van der Waals surface area contributed by atoms with Crippen LogP contribution in [0.15, 0.2) is 24.3 Å². The molecule has 1 unspecified atom stereocenters. The summed E-state index contributed by atoms with van der Waals surface area (Å²) in [6, 6.07) is 6.78. The molecule has 2 rings (SSSR count). The van der Waals surface area contributed by atoms with Gasteiger partial charge in [-0.1, -0.05) is 18.2 Å². The van der Waals surface area contributed by atoms with Crippen LogP contribution in [-0.2, 0) is 16.6 Å². The van der Waals surface area contributed by atoms with Crippen LogP contribution >= 0.6 is 0 Å². The summed E-state index contributed by atoms with van der Waals surface area (Å²) in [7, 11) is 3.13. The molecule has 0 aliphatic heterocycles. The summed E-state index contributed by atoms with van der Waals surface area (Å²) in [4.78, 5) is 11.4. The number of methoxy groups -OCH3 is 1. The zero-order valence-corrected chi connectivity index (χ0v) is 9.18. The molecule has 1 atom stereocenters. The second-order valence-electron chi connectivity index (χ2n) is 3.53. The maximum Gasteiger partial charge on any atom is 0.329 e. The Morgan fingerprint density at radius 2 is 2.19 bits per heavy atom. The van der Waals surface area contributed by atoms with E-state index in [1.54, 1.807) is 4.68 Å². The highest BCUT2D eigenvalue weighted by molar-refractivity contribution is 5.88. The van der Waals surface area contributed by atoms with Crippen LogP contribution in [0.25, 0.3) is 10.9 Å². The van der Waals surface area contributed by atoms with E-state index >= 15 is 0 Å². The summed E-state index contributed by atoms with van der Waals surface area (Å²) in [5, 5.41) is 5.13. The number of hydrogen-bond donors (Lipinski definition) is 1. The summed E-state index contributed by atoms with van der Waals surface area (Å²) in [6.07, 6.45) is 0. The summed E-state index contributed by atoms with van der Waals surface area (Å²) in [6.45, 7) is 0. The van der Waals surface area contributed by atoms with E-state index in [1.807, 2.05) is 31.3 Å². The van der Waals surface area contributed by atoms with Crippen LogP contribution in [0.1, 0.15) is 11.7 Å². The van der Waals surface area contributed by atoms with E-state index in [1.165, 1.54) is 7.11 Å². The van der Waals surface area contributed by atoms with E-state index in [9.17, 15) is 4.79 Å². The van der Waals surface area contributed by atoms with Crippen LogP contribution in [0.4, 0.5) is 0 Å². The zero-order valence-electron chi connectivity index (χ0n) is 9.18. The Labute approximate surface area is 92.8 Å². The van der Waals surface area contributed by atoms with E-state index < -0.39 is 12.0 Å². The van der Waals surface area contributed by atoms with E-state index in [0.717, 1.165) is 10.9 Å². The van der Waals surface area contributed by atoms with Gasteiger partial charge in [-0.15, -0.1) is 0 Å². The molecule has 0 saturated carbocycles. The van der Waals surface area contributed by atoms with Crippen LogP contribution in [0.2, 0.25) is 0 Å². The Bertz CT molecular complexity index is 533. The number of carbonyl (C=O) groups is 1. The first-order chi connectivity index (χ1) is 7.65. The fraction of sp³-hybridized carbons (Fsp3) is 0.273. The molecule has 0 radical (unpaired) electrons. The van der Waals surface area contributed by atoms with Crippen molar-refractivity contribution in [3.8, 4) is 0 Å². The van der Waals surface area contributed by atoms with E-state index in [2.05, 4.69) is 9.84 Å². The number of fused-ring (bicyclic) bond motifs is 1. The first-order valence-corrected chi connectivity index (χ1v) is 4.90. The number of carbonyl (C=O) groups excluding carboxylic acids is 1. The number of ether oxygens (including phenoxy) is 1. The largest absolute Gasteiger partial charge is 0.468 e. The Balaban J connectivity index is 2.57. The molecule has 5 nitrogen and oxygen atoms in total. The molecule has 1 aromatic heterocycles. The molecule has 0 bridgehead atoms. The minimum Gasteiger partial charge on any atom is -0.468 e. The van der Waals surface area contributed by atoms with Gasteiger partial charge in [-0.3, -0.25) is 4.68 Å². The van der Waals surface area contributed by atoms with Crippen molar-refractivity contribution >= 4 is 16.9 Å². The number of hydrogen-bond acceptors (Lipinski definition) is 4. The smallest absolute Gasteiger partial charge is 0.329 e. The third kappa shape index (κ3) is 1.55. The summed E-state index contributed by atoms with van der Waals surface area (Å²) in [5.41, 5.74) is 7.27. The molecule has 0 saturated heterocycles. The minimum atomic E-state index is -0.837. The van der Waals surface area contributed by atoms with E-state index in [-0.39, 0.29) is 0 Å². The SMILES string of the molecule is COC(=O)C(N)c1nn(C)c2ccccc12. The first kappa shape index (κ1) is 10.6. The average Bonchev–Trinajstić information content (AvgIpc) is 2.65. The molecule has 84 valence electrons. The van der Waals surface area contributed by atoms with Gasteiger partial charge in [0.1, 0.15) is 6.04 Å². The van der Waals surface area contributed by atoms with Gasteiger partial charge in [-0.25, -0.2) is 4.79 Å². The highest BCUT2D eigenvalue weighted by atomic mass is 16.5. The number of nitrogens with two attached hydrogens (primary N) is 1. The molecule has 2 N–H and O–H groups in total. The van der Waals surface area contributed by atoms with Gasteiger partial charge in [0.25, 0.3) is 0 Å². The van der Waals surface area contributed by atoms with Crippen molar-refractivity contribution in [2.24, 2.45) is 12.8 Å². The van der Waals surface area contributed by atoms with E-state index in [4.69, 9.17) is 5.73 Å². The third-order valence-corrected chi connectivity index (χ3v) is 2.54. The van der Waals surface area contributed by atoms with Gasteiger partial charge >= 0.3 is 5.97 Å². The molecule has 0 aliphatic rings. The fourth-order valence-corrected chi connectivity index (χ4v) is 1.71. The molecule has 16 heavy (non-hydrogen) atoms. The number of para-hydroxylation sites is 1. The van der Waals surface area contributed by atoms with Crippen LogP contribution in [-0.4, -0.2) is 22.9 Å². The van der Waals surface area contributed by atoms with Crippen molar-refractivity contribution in [1.82, 2.24) is 9.78 Å². The standard InChI is InChI=1S/C11H13N3O2/c1-14-8-6-4-3-5-7(8)10(13-14)9(12)11(15)16-2/h3-6,9H,12H2,1-2H3. The fourth-order valence-electron chi connectivity index (χ4n) is 1.71. The quantitative estimate of drug-likeness (QED) is 0.756. The van der Waals surface area contributed by atoms with Crippen LogP contribution in [0.5, 0.6) is 0 Å². The Kier molecular flexibility index (Phi) is 2.62. The van der Waals surface area contributed by atoms with Gasteiger partial charge in [0, 0.05) is 12.4 Å². The number of nitrogens with zero attached hydrogens (tertiary/aromatic N) is 2. The number of benzene rings is 1. The van der Waals surface area contributed by atoms with Crippen molar-refractivity contribution in [2.45, 2.75) is 6.04 Å². The normalized spacial score (nSPS) is 12.7. The molecular weight excluding hydrogens is 206 g/mol. The molecule has 0 amide bonds. The summed E-state index contributed by atoms with van der Waals surface area (Å²) < 4.78 is 6.31. The van der Waals surface area contributed by atoms with Gasteiger partial charge in [-0.05, 0) is 6.07 Å². The maximum atomic E-state index is 11.4. The van der Waals surface area contributed by atoms with Crippen LogP contribution < -0.4 is 5.73 Å². The first-order valence-electron chi connectivity index (χ1n) is 4.90. The Hall–Kier alpha value is -1.88. The van der Waals surface area contributed by atoms with Crippen molar-refractivity contribution in [2.75, 3.05) is 7.11 Å². The lowest BCUT2D eigenvalue weighted by Crippen LogP contribution is -2.23. The second kappa shape index (κ2) is 3.94. The van der Waals surface area contributed by atoms with Crippen molar-refractivity contribution in [3.05, 3.63) is 30.0 Å². The molecule has 0 fully saturated rings. The highest BCUT2D eigenvalue weighted by Gasteiger charge is 2.22. The molecule has 1 aromatic carbocycles. The number of aryl methyl sites for hydroxylation is 1. The lowest BCUT2D eigenvalue weighted by molar-refractivity contribution is -0.142. The number of esters is 1. The average molecular weight is 219 g/mol. The zero-order chi connectivity index (χ0) is 11.7. The van der Waals surface area contributed by atoms with Crippen molar-refractivity contribution < 1.29 is 9.53 Å². The number of rotatable bonds is 2. The molecular formula is C11H13N3O2. The molecule has 5 heteroatoms. The Morgan fingerprint density at radius 3 is 2.88 bits per heavy atom. The van der Waals surface area contributed by atoms with Gasteiger partial charge < -0.3 is 10.5 Å². The predicted molar refractivity (Wildman–Crippen MR) is 59.7 cm³/mol. The lowest BCUT2D eigenvalue weighted by atomic mass is 10.1. The topological polar surface area (TPSA) is 70.1 Å². The van der Waals surface area contributed by atoms with E-state index in [0.29, 0.717) is 5.69 Å². The third-order valence-electron chi connectivity index (χ3n) is 2.54. The summed E-state index contributed by atoms with van der Waals surface area (Å²) in [5.74, 6) is -0.483. The highest BCUT2D eigenvalue weighted by Crippen LogP contribution is 2.22. The molecule has 0 aliphatic carbocycles. The maximum absolute atomic E-state index is 11.4. The van der Waals surface area contributed by atoms with Crippen molar-refractivity contribution in [3.63, 3.8) is 0 Å². The monoisotopic (exact) mass is 219 g/mol. The molecule has 1 heterocycles. The van der Waals surface area contributed by atoms with Crippen LogP contribution in [0.3, 0.4) is 0 Å². The Morgan fingerprint density at radius 1 is 1.50 bits per heavy atom. The van der Waals surface area contributed by atoms with Gasteiger partial charge in [0.05, 0.1) is 18.3 Å². The molecule has 0 spiro atoms. The summed E-state index contributed by atoms with van der Waals surface area (Å²) >= 11 is 0. The van der Waals surface area contributed by atoms with Gasteiger partial charge in [0.15, 0.2) is 0 Å². The number of aromatic nitrogens is 2.